The van der Waals surface area contributed by atoms with Crippen LogP contribution in [0.1, 0.15) is 46.5 Å². The van der Waals surface area contributed by atoms with Crippen molar-refractivity contribution in [2.45, 2.75) is 52.0 Å². The second-order valence-corrected chi connectivity index (χ2v) is 3.39. The molecule has 0 aromatic heterocycles. The van der Waals surface area contributed by atoms with Crippen molar-refractivity contribution in [1.29, 1.82) is 0 Å². The molecule has 0 bridgehead atoms. The van der Waals surface area contributed by atoms with Gasteiger partial charge in [0, 0.05) is 12.1 Å². The summed E-state index contributed by atoms with van der Waals surface area (Å²) < 4.78 is 0. The summed E-state index contributed by atoms with van der Waals surface area (Å²) in [6.07, 6.45) is 4.24. The summed E-state index contributed by atoms with van der Waals surface area (Å²) in [4.78, 5) is 0. The van der Waals surface area contributed by atoms with E-state index in [9.17, 15) is 0 Å². The quantitative estimate of drug-likeness (QED) is 0.616. The number of nitrogens with one attached hydrogen (secondary N) is 1. The smallest absolute Gasteiger partial charge is 0.0448 e. The zero-order chi connectivity index (χ0) is 9.45. The fraction of sp³-hybridized carbons (Fsp3) is 1.00. The summed E-state index contributed by atoms with van der Waals surface area (Å²) in [5.41, 5.74) is 0.185. The predicted molar refractivity (Wildman–Crippen MR) is 53.3 cm³/mol. The van der Waals surface area contributed by atoms with Gasteiger partial charge in [0.25, 0.3) is 0 Å². The first-order valence-electron chi connectivity index (χ1n) is 5.10. The molecule has 2 heteroatoms. The highest BCUT2D eigenvalue weighted by atomic mass is 16.3. The van der Waals surface area contributed by atoms with Gasteiger partial charge in [0.1, 0.15) is 0 Å². The molecule has 0 spiro atoms. The molecule has 12 heavy (non-hydrogen) atoms. The van der Waals surface area contributed by atoms with E-state index in [1.54, 1.807) is 0 Å². The predicted octanol–water partition coefficient (Wildman–Crippen LogP) is 1.93. The molecule has 74 valence electrons. The standard InChI is InChI=1S/C10H23NO/c1-4-8-11-10(5-2,6-3)7-9-12/h11-12H,4-9H2,1-3H3. The van der Waals surface area contributed by atoms with Gasteiger partial charge in [0.2, 0.25) is 0 Å². The van der Waals surface area contributed by atoms with E-state index in [1.807, 2.05) is 0 Å². The Morgan fingerprint density at radius 2 is 1.75 bits per heavy atom. The lowest BCUT2D eigenvalue weighted by atomic mass is 9.89. The van der Waals surface area contributed by atoms with E-state index in [2.05, 4.69) is 26.1 Å². The Labute approximate surface area is 76.4 Å². The first kappa shape index (κ1) is 11.9. The minimum absolute atomic E-state index is 0.185. The van der Waals surface area contributed by atoms with Gasteiger partial charge in [-0.25, -0.2) is 0 Å². The lowest BCUT2D eigenvalue weighted by molar-refractivity contribution is 0.198. The molecule has 2 N–H and O–H groups in total. The number of rotatable bonds is 7. The molecule has 0 rings (SSSR count). The SMILES string of the molecule is CCCNC(CC)(CC)CCO. The van der Waals surface area contributed by atoms with Crippen LogP contribution < -0.4 is 5.32 Å². The lowest BCUT2D eigenvalue weighted by Gasteiger charge is -2.32. The number of hydrogen-bond acceptors (Lipinski definition) is 2. The molecule has 0 amide bonds. The Hall–Kier alpha value is -0.0800. The average molecular weight is 173 g/mol. The van der Waals surface area contributed by atoms with Gasteiger partial charge in [-0.15, -0.1) is 0 Å². The second kappa shape index (κ2) is 6.44. The Bertz CT molecular complexity index is 100. The summed E-state index contributed by atoms with van der Waals surface area (Å²) in [6, 6.07) is 0. The maximum Gasteiger partial charge on any atom is 0.0448 e. The molecule has 0 saturated carbocycles. The van der Waals surface area contributed by atoms with Crippen molar-refractivity contribution in [3.63, 3.8) is 0 Å². The molecule has 0 aromatic carbocycles. The van der Waals surface area contributed by atoms with Gasteiger partial charge in [-0.05, 0) is 32.2 Å². The van der Waals surface area contributed by atoms with Crippen LogP contribution in [0.15, 0.2) is 0 Å². The van der Waals surface area contributed by atoms with E-state index in [0.29, 0.717) is 6.61 Å². The Kier molecular flexibility index (Phi) is 6.39. The molecule has 0 aliphatic heterocycles. The van der Waals surface area contributed by atoms with E-state index in [4.69, 9.17) is 5.11 Å². The highest BCUT2D eigenvalue weighted by Gasteiger charge is 2.23. The lowest BCUT2D eigenvalue weighted by Crippen LogP contribution is -2.45. The van der Waals surface area contributed by atoms with Gasteiger partial charge >= 0.3 is 0 Å². The molecule has 2 nitrogen and oxygen atoms in total. The summed E-state index contributed by atoms with van der Waals surface area (Å²) in [5.74, 6) is 0. The largest absolute Gasteiger partial charge is 0.396 e. The van der Waals surface area contributed by atoms with Crippen LogP contribution in [0.4, 0.5) is 0 Å². The zero-order valence-electron chi connectivity index (χ0n) is 8.69. The van der Waals surface area contributed by atoms with Crippen molar-refractivity contribution in [3.8, 4) is 0 Å². The molecule has 0 aliphatic carbocycles. The highest BCUT2D eigenvalue weighted by molar-refractivity contribution is 4.84. The molecule has 0 aliphatic rings. The van der Waals surface area contributed by atoms with Gasteiger partial charge in [-0.1, -0.05) is 20.8 Å². The third-order valence-electron chi connectivity index (χ3n) is 2.69. The second-order valence-electron chi connectivity index (χ2n) is 3.39. The van der Waals surface area contributed by atoms with E-state index in [0.717, 1.165) is 32.2 Å². The van der Waals surface area contributed by atoms with Crippen LogP contribution in [0.25, 0.3) is 0 Å². The first-order chi connectivity index (χ1) is 5.74. The average Bonchev–Trinajstić information content (AvgIpc) is 2.13. The Balaban J connectivity index is 3.95. The monoisotopic (exact) mass is 173 g/mol. The molecule has 0 heterocycles. The topological polar surface area (TPSA) is 32.3 Å². The summed E-state index contributed by atoms with van der Waals surface area (Å²) >= 11 is 0. The van der Waals surface area contributed by atoms with E-state index in [1.165, 1.54) is 0 Å². The van der Waals surface area contributed by atoms with Crippen LogP contribution >= 0.6 is 0 Å². The van der Waals surface area contributed by atoms with Crippen molar-refractivity contribution >= 4 is 0 Å². The fourth-order valence-corrected chi connectivity index (χ4v) is 1.55. The molecule has 0 unspecified atom stereocenters. The summed E-state index contributed by atoms with van der Waals surface area (Å²) in [7, 11) is 0. The van der Waals surface area contributed by atoms with E-state index < -0.39 is 0 Å². The molecule has 0 aromatic rings. The summed E-state index contributed by atoms with van der Waals surface area (Å²) in [6.45, 7) is 7.88. The van der Waals surface area contributed by atoms with Crippen LogP contribution in [-0.2, 0) is 0 Å². The Morgan fingerprint density at radius 1 is 1.17 bits per heavy atom. The van der Waals surface area contributed by atoms with Crippen LogP contribution in [0.2, 0.25) is 0 Å². The van der Waals surface area contributed by atoms with E-state index >= 15 is 0 Å². The molecule has 0 radical (unpaired) electrons. The minimum Gasteiger partial charge on any atom is -0.396 e. The van der Waals surface area contributed by atoms with Crippen LogP contribution in [0.5, 0.6) is 0 Å². The van der Waals surface area contributed by atoms with Crippen molar-refractivity contribution < 1.29 is 5.11 Å². The van der Waals surface area contributed by atoms with E-state index in [-0.39, 0.29) is 5.54 Å². The van der Waals surface area contributed by atoms with Crippen molar-refractivity contribution in [2.24, 2.45) is 0 Å². The third kappa shape index (κ3) is 3.55. The molecule has 0 saturated heterocycles. The maximum atomic E-state index is 8.92. The van der Waals surface area contributed by atoms with Gasteiger partial charge < -0.3 is 10.4 Å². The number of aliphatic hydroxyl groups is 1. The maximum absolute atomic E-state index is 8.92. The van der Waals surface area contributed by atoms with Crippen molar-refractivity contribution in [2.75, 3.05) is 13.2 Å². The van der Waals surface area contributed by atoms with Crippen LogP contribution in [0, 0.1) is 0 Å². The molecule has 0 atom stereocenters. The normalized spacial score (nSPS) is 12.0. The Morgan fingerprint density at radius 3 is 2.08 bits per heavy atom. The first-order valence-corrected chi connectivity index (χ1v) is 5.10. The van der Waals surface area contributed by atoms with Gasteiger partial charge in [-0.2, -0.15) is 0 Å². The van der Waals surface area contributed by atoms with Gasteiger partial charge in [-0.3, -0.25) is 0 Å². The van der Waals surface area contributed by atoms with Crippen LogP contribution in [-0.4, -0.2) is 23.8 Å². The number of aliphatic hydroxyl groups excluding tert-OH is 1. The van der Waals surface area contributed by atoms with Crippen molar-refractivity contribution in [1.82, 2.24) is 5.32 Å². The van der Waals surface area contributed by atoms with Crippen molar-refractivity contribution in [3.05, 3.63) is 0 Å². The molecule has 0 fully saturated rings. The zero-order valence-corrected chi connectivity index (χ0v) is 8.69. The highest BCUT2D eigenvalue weighted by Crippen LogP contribution is 2.18. The minimum atomic E-state index is 0.185. The van der Waals surface area contributed by atoms with Gasteiger partial charge in [0.15, 0.2) is 0 Å². The van der Waals surface area contributed by atoms with Gasteiger partial charge in [0.05, 0.1) is 0 Å². The fourth-order valence-electron chi connectivity index (χ4n) is 1.55. The van der Waals surface area contributed by atoms with Crippen LogP contribution in [0.3, 0.4) is 0 Å². The summed E-state index contributed by atoms with van der Waals surface area (Å²) in [5, 5.41) is 12.4. The third-order valence-corrected chi connectivity index (χ3v) is 2.69. The number of hydrogen-bond donors (Lipinski definition) is 2. The molecular weight excluding hydrogens is 150 g/mol. The molecular formula is C10H23NO.